The van der Waals surface area contributed by atoms with Crippen LogP contribution in [0.3, 0.4) is 0 Å². The lowest BCUT2D eigenvalue weighted by Crippen LogP contribution is -2.29. The normalized spacial score (nSPS) is 12.3. The second kappa shape index (κ2) is 7.36. The van der Waals surface area contributed by atoms with E-state index in [4.69, 9.17) is 0 Å². The first kappa shape index (κ1) is 17.0. The van der Waals surface area contributed by atoms with Crippen LogP contribution < -0.4 is 0 Å². The van der Waals surface area contributed by atoms with Crippen molar-refractivity contribution < 1.29 is 4.79 Å². The molecule has 2 aromatic carbocycles. The van der Waals surface area contributed by atoms with Crippen molar-refractivity contribution in [3.05, 3.63) is 64.7 Å². The van der Waals surface area contributed by atoms with Gasteiger partial charge in [-0.3, -0.25) is 4.79 Å². The van der Waals surface area contributed by atoms with E-state index in [-0.39, 0.29) is 11.9 Å². The van der Waals surface area contributed by atoms with Crippen LogP contribution in [-0.4, -0.2) is 29.1 Å². The van der Waals surface area contributed by atoms with E-state index in [1.807, 2.05) is 50.4 Å². The van der Waals surface area contributed by atoms with E-state index >= 15 is 0 Å². The molecule has 0 aliphatic carbocycles. The molecule has 0 aliphatic rings. The van der Waals surface area contributed by atoms with Gasteiger partial charge in [-0.15, -0.1) is 11.3 Å². The number of thiazole rings is 1. The fourth-order valence-corrected chi connectivity index (χ4v) is 4.15. The Labute approximate surface area is 150 Å². The third kappa shape index (κ3) is 3.47. The smallest absolute Gasteiger partial charge is 0.254 e. The molecule has 0 N–H and O–H groups in total. The van der Waals surface area contributed by atoms with Gasteiger partial charge in [0.05, 0.1) is 16.3 Å². The zero-order valence-electron chi connectivity index (χ0n) is 14.0. The van der Waals surface area contributed by atoms with Gasteiger partial charge < -0.3 is 4.90 Å². The number of carbonyl (C=O) groups is 1. The molecule has 0 unspecified atom stereocenters. The van der Waals surface area contributed by atoms with Crippen molar-refractivity contribution in [3.8, 4) is 0 Å². The van der Waals surface area contributed by atoms with Crippen LogP contribution in [0.5, 0.6) is 0 Å². The lowest BCUT2D eigenvalue weighted by atomic mass is 10.1. The van der Waals surface area contributed by atoms with Crippen molar-refractivity contribution in [2.45, 2.75) is 18.7 Å². The van der Waals surface area contributed by atoms with E-state index < -0.39 is 0 Å². The van der Waals surface area contributed by atoms with Gasteiger partial charge >= 0.3 is 0 Å². The first-order valence-corrected chi connectivity index (χ1v) is 10.0. The van der Waals surface area contributed by atoms with E-state index in [2.05, 4.69) is 23.4 Å². The second-order valence-electron chi connectivity index (χ2n) is 5.75. The van der Waals surface area contributed by atoms with Gasteiger partial charge in [-0.05, 0) is 43.0 Å². The third-order valence-corrected chi connectivity index (χ3v) is 5.88. The van der Waals surface area contributed by atoms with E-state index in [0.717, 1.165) is 26.5 Å². The molecule has 0 bridgehead atoms. The number of para-hydroxylation sites is 1. The Kier molecular flexibility index (Phi) is 5.21. The average Bonchev–Trinajstić information content (AvgIpc) is 3.04. The lowest BCUT2D eigenvalue weighted by Gasteiger charge is -2.23. The molecule has 1 atom stereocenters. The summed E-state index contributed by atoms with van der Waals surface area (Å²) >= 11 is 3.41. The Balaban J connectivity index is 1.83. The number of benzene rings is 2. The highest BCUT2D eigenvalue weighted by Crippen LogP contribution is 2.29. The Morgan fingerprint density at radius 1 is 1.25 bits per heavy atom. The maximum atomic E-state index is 12.8. The highest BCUT2D eigenvalue weighted by molar-refractivity contribution is 7.97. The van der Waals surface area contributed by atoms with Crippen molar-refractivity contribution in [2.24, 2.45) is 0 Å². The maximum absolute atomic E-state index is 12.8. The molecule has 124 valence electrons. The monoisotopic (exact) mass is 356 g/mol. The number of amides is 1. The first-order valence-electron chi connectivity index (χ1n) is 7.80. The lowest BCUT2D eigenvalue weighted by molar-refractivity contribution is 0.0742. The van der Waals surface area contributed by atoms with Crippen LogP contribution in [-0.2, 0) is 5.75 Å². The zero-order chi connectivity index (χ0) is 17.1. The summed E-state index contributed by atoms with van der Waals surface area (Å²) in [4.78, 5) is 19.3. The number of thioether (sulfide) groups is 1. The Morgan fingerprint density at radius 2 is 2.04 bits per heavy atom. The summed E-state index contributed by atoms with van der Waals surface area (Å²) in [7, 11) is 1.85. The van der Waals surface area contributed by atoms with Crippen LogP contribution in [0.25, 0.3) is 10.2 Å². The SMILES string of the molecule is CSCc1cccc(C(=O)N(C)[C@@H](C)c2nc3ccccc3s2)c1. The van der Waals surface area contributed by atoms with Crippen molar-refractivity contribution >= 4 is 39.2 Å². The summed E-state index contributed by atoms with van der Waals surface area (Å²) in [5.74, 6) is 0.947. The molecule has 0 spiro atoms. The first-order chi connectivity index (χ1) is 11.6. The van der Waals surface area contributed by atoms with Crippen molar-refractivity contribution in [1.29, 1.82) is 0 Å². The highest BCUT2D eigenvalue weighted by atomic mass is 32.2. The molecule has 24 heavy (non-hydrogen) atoms. The fourth-order valence-electron chi connectivity index (χ4n) is 2.57. The number of fused-ring (bicyclic) bond motifs is 1. The fraction of sp³-hybridized carbons (Fsp3) is 0.263. The molecular weight excluding hydrogens is 336 g/mol. The van der Waals surface area contributed by atoms with Gasteiger partial charge in [0.15, 0.2) is 0 Å². The standard InChI is InChI=1S/C19H20N2OS2/c1-13(18-20-16-9-4-5-10-17(16)24-18)21(2)19(22)15-8-6-7-14(11-15)12-23-3/h4-11,13H,12H2,1-3H3/t13-/m0/s1. The molecule has 1 aromatic heterocycles. The molecule has 3 rings (SSSR count). The molecular formula is C19H20N2OS2. The molecule has 3 aromatic rings. The molecule has 0 saturated heterocycles. The van der Waals surface area contributed by atoms with Gasteiger partial charge in [-0.25, -0.2) is 4.98 Å². The third-order valence-electron chi connectivity index (χ3n) is 4.05. The quantitative estimate of drug-likeness (QED) is 0.645. The van der Waals surface area contributed by atoms with Crippen LogP contribution in [0, 0.1) is 0 Å². The molecule has 0 saturated carbocycles. The van der Waals surface area contributed by atoms with Crippen LogP contribution >= 0.6 is 23.1 Å². The number of rotatable bonds is 5. The Bertz CT molecular complexity index is 826. The summed E-state index contributed by atoms with van der Waals surface area (Å²) in [6, 6.07) is 15.9. The van der Waals surface area contributed by atoms with E-state index in [1.165, 1.54) is 5.56 Å². The minimum Gasteiger partial charge on any atom is -0.333 e. The average molecular weight is 357 g/mol. The van der Waals surface area contributed by atoms with Crippen LogP contribution in [0.1, 0.15) is 33.9 Å². The summed E-state index contributed by atoms with van der Waals surface area (Å²) < 4.78 is 1.15. The van der Waals surface area contributed by atoms with E-state index in [0.29, 0.717) is 0 Å². The zero-order valence-corrected chi connectivity index (χ0v) is 15.7. The van der Waals surface area contributed by atoms with Crippen molar-refractivity contribution in [1.82, 2.24) is 9.88 Å². The van der Waals surface area contributed by atoms with Crippen LogP contribution in [0.2, 0.25) is 0 Å². The van der Waals surface area contributed by atoms with Gasteiger partial charge in [-0.1, -0.05) is 24.3 Å². The number of aromatic nitrogens is 1. The molecule has 0 fully saturated rings. The summed E-state index contributed by atoms with van der Waals surface area (Å²) in [6.07, 6.45) is 2.07. The van der Waals surface area contributed by atoms with E-state index in [9.17, 15) is 4.79 Å². The molecule has 0 radical (unpaired) electrons. The number of carbonyl (C=O) groups excluding carboxylic acids is 1. The molecule has 3 nitrogen and oxygen atoms in total. The number of hydrogen-bond acceptors (Lipinski definition) is 4. The Hall–Kier alpha value is -1.85. The summed E-state index contributed by atoms with van der Waals surface area (Å²) in [6.45, 7) is 2.03. The number of nitrogens with zero attached hydrogens (tertiary/aromatic N) is 2. The topological polar surface area (TPSA) is 33.2 Å². The molecule has 1 amide bonds. The number of hydrogen-bond donors (Lipinski definition) is 0. The van der Waals surface area contributed by atoms with Crippen LogP contribution in [0.15, 0.2) is 48.5 Å². The maximum Gasteiger partial charge on any atom is 0.254 e. The largest absolute Gasteiger partial charge is 0.333 e. The minimum absolute atomic E-state index is 0.0321. The molecule has 1 heterocycles. The second-order valence-corrected chi connectivity index (χ2v) is 7.67. The minimum atomic E-state index is -0.0564. The van der Waals surface area contributed by atoms with Gasteiger partial charge in [0.1, 0.15) is 5.01 Å². The molecule has 5 heteroatoms. The van der Waals surface area contributed by atoms with Crippen molar-refractivity contribution in [2.75, 3.05) is 13.3 Å². The Morgan fingerprint density at radius 3 is 2.79 bits per heavy atom. The van der Waals surface area contributed by atoms with E-state index in [1.54, 1.807) is 28.0 Å². The van der Waals surface area contributed by atoms with Gasteiger partial charge in [-0.2, -0.15) is 11.8 Å². The van der Waals surface area contributed by atoms with Gasteiger partial charge in [0, 0.05) is 18.4 Å². The summed E-state index contributed by atoms with van der Waals surface area (Å²) in [5.41, 5.74) is 2.90. The predicted octanol–water partition coefficient (Wildman–Crippen LogP) is 4.99. The van der Waals surface area contributed by atoms with Gasteiger partial charge in [0.2, 0.25) is 0 Å². The van der Waals surface area contributed by atoms with Crippen LogP contribution in [0.4, 0.5) is 0 Å². The highest BCUT2D eigenvalue weighted by Gasteiger charge is 2.21. The summed E-state index contributed by atoms with van der Waals surface area (Å²) in [5, 5.41) is 0.965. The van der Waals surface area contributed by atoms with Gasteiger partial charge in [0.25, 0.3) is 5.91 Å². The predicted molar refractivity (Wildman–Crippen MR) is 104 cm³/mol. The van der Waals surface area contributed by atoms with Crippen molar-refractivity contribution in [3.63, 3.8) is 0 Å². The molecule has 0 aliphatic heterocycles.